The van der Waals surface area contributed by atoms with Crippen LogP contribution in [0.3, 0.4) is 0 Å². The minimum atomic E-state index is -0.0730. The second kappa shape index (κ2) is 11.1. The molecule has 2 amide bonds. The van der Waals surface area contributed by atoms with Crippen LogP contribution in [-0.2, 0) is 9.59 Å². The number of rotatable bonds is 10. The summed E-state index contributed by atoms with van der Waals surface area (Å²) in [5, 5.41) is 8.14. The lowest BCUT2D eigenvalue weighted by Crippen LogP contribution is -2.13. The SMILES string of the molecule is COc1ccc(-c2csc(NC(=O)CCCCCC(=O)Nc3ccccc3N)n2)cc1. The summed E-state index contributed by atoms with van der Waals surface area (Å²) in [6.45, 7) is 0. The quantitative estimate of drug-likeness (QED) is 0.307. The molecule has 0 fully saturated rings. The van der Waals surface area contributed by atoms with E-state index in [1.807, 2.05) is 41.8 Å². The van der Waals surface area contributed by atoms with E-state index in [-0.39, 0.29) is 11.8 Å². The molecular formula is C23H26N4O3S. The van der Waals surface area contributed by atoms with Crippen LogP contribution in [0.5, 0.6) is 5.75 Å². The number of nitrogens with two attached hydrogens (primary N) is 1. The van der Waals surface area contributed by atoms with E-state index in [0.717, 1.165) is 23.4 Å². The molecule has 7 nitrogen and oxygen atoms in total. The maximum Gasteiger partial charge on any atom is 0.226 e. The Morgan fingerprint density at radius 3 is 2.32 bits per heavy atom. The van der Waals surface area contributed by atoms with Crippen LogP contribution in [0.4, 0.5) is 16.5 Å². The van der Waals surface area contributed by atoms with E-state index in [4.69, 9.17) is 10.5 Å². The van der Waals surface area contributed by atoms with Crippen LogP contribution in [0.2, 0.25) is 0 Å². The number of nitrogen functional groups attached to an aromatic ring is 1. The summed E-state index contributed by atoms with van der Waals surface area (Å²) < 4.78 is 5.16. The molecular weight excluding hydrogens is 412 g/mol. The van der Waals surface area contributed by atoms with Crippen molar-refractivity contribution in [1.82, 2.24) is 4.98 Å². The Kier molecular flexibility index (Phi) is 8.00. The second-order valence-electron chi connectivity index (χ2n) is 7.01. The molecule has 8 heteroatoms. The van der Waals surface area contributed by atoms with E-state index in [9.17, 15) is 9.59 Å². The molecule has 0 saturated carbocycles. The van der Waals surface area contributed by atoms with Gasteiger partial charge in [0.05, 0.1) is 24.2 Å². The average Bonchev–Trinajstić information content (AvgIpc) is 3.23. The summed E-state index contributed by atoms with van der Waals surface area (Å²) in [6, 6.07) is 14.8. The number of nitrogens with zero attached hydrogens (tertiary/aromatic N) is 1. The van der Waals surface area contributed by atoms with Gasteiger partial charge >= 0.3 is 0 Å². The number of anilines is 3. The van der Waals surface area contributed by atoms with Crippen molar-refractivity contribution in [2.24, 2.45) is 0 Å². The van der Waals surface area contributed by atoms with Gasteiger partial charge in [0.2, 0.25) is 11.8 Å². The molecule has 0 spiro atoms. The maximum absolute atomic E-state index is 12.2. The highest BCUT2D eigenvalue weighted by atomic mass is 32.1. The number of methoxy groups -OCH3 is 1. The van der Waals surface area contributed by atoms with Gasteiger partial charge in [0.25, 0.3) is 0 Å². The van der Waals surface area contributed by atoms with Gasteiger partial charge in [0.15, 0.2) is 5.13 Å². The van der Waals surface area contributed by atoms with Crippen molar-refractivity contribution in [1.29, 1.82) is 0 Å². The largest absolute Gasteiger partial charge is 0.497 e. The zero-order chi connectivity index (χ0) is 22.1. The minimum absolute atomic E-state index is 0.0721. The Labute approximate surface area is 185 Å². The smallest absolute Gasteiger partial charge is 0.226 e. The number of amides is 2. The first-order valence-corrected chi connectivity index (χ1v) is 11.0. The molecule has 1 heterocycles. The molecule has 0 radical (unpaired) electrons. The van der Waals surface area contributed by atoms with Crippen LogP contribution >= 0.6 is 11.3 Å². The molecule has 2 aromatic carbocycles. The maximum atomic E-state index is 12.2. The highest BCUT2D eigenvalue weighted by molar-refractivity contribution is 7.14. The summed E-state index contributed by atoms with van der Waals surface area (Å²) in [5.41, 5.74) is 8.77. The van der Waals surface area contributed by atoms with Crippen LogP contribution in [-0.4, -0.2) is 23.9 Å². The number of unbranched alkanes of at least 4 members (excludes halogenated alkanes) is 2. The number of carbonyl (C=O) groups excluding carboxylic acids is 2. The third-order valence-corrected chi connectivity index (χ3v) is 5.44. The highest BCUT2D eigenvalue weighted by Crippen LogP contribution is 2.26. The fourth-order valence-corrected chi connectivity index (χ4v) is 3.71. The Morgan fingerprint density at radius 1 is 0.968 bits per heavy atom. The molecule has 0 saturated heterocycles. The van der Waals surface area contributed by atoms with Gasteiger partial charge in [-0.3, -0.25) is 9.59 Å². The van der Waals surface area contributed by atoms with Crippen molar-refractivity contribution >= 4 is 39.7 Å². The zero-order valence-electron chi connectivity index (χ0n) is 17.4. The molecule has 0 atom stereocenters. The summed E-state index contributed by atoms with van der Waals surface area (Å²) in [5.74, 6) is 0.641. The van der Waals surface area contributed by atoms with E-state index < -0.39 is 0 Å². The van der Waals surface area contributed by atoms with E-state index in [1.54, 1.807) is 19.2 Å². The lowest BCUT2D eigenvalue weighted by atomic mass is 10.1. The van der Waals surface area contributed by atoms with E-state index in [0.29, 0.717) is 42.2 Å². The molecule has 0 unspecified atom stereocenters. The van der Waals surface area contributed by atoms with Crippen LogP contribution in [0, 0.1) is 0 Å². The van der Waals surface area contributed by atoms with Gasteiger partial charge in [-0.1, -0.05) is 18.6 Å². The monoisotopic (exact) mass is 438 g/mol. The van der Waals surface area contributed by atoms with Crippen molar-refractivity contribution in [2.75, 3.05) is 23.5 Å². The fraction of sp³-hybridized carbons (Fsp3) is 0.261. The van der Waals surface area contributed by atoms with Gasteiger partial charge in [-0.25, -0.2) is 4.98 Å². The molecule has 0 bridgehead atoms. The van der Waals surface area contributed by atoms with Gasteiger partial charge in [-0.15, -0.1) is 11.3 Å². The summed E-state index contributed by atoms with van der Waals surface area (Å²) in [6.07, 6.45) is 3.01. The van der Waals surface area contributed by atoms with Gasteiger partial charge in [-0.2, -0.15) is 0 Å². The van der Waals surface area contributed by atoms with E-state index in [1.165, 1.54) is 11.3 Å². The third-order valence-electron chi connectivity index (χ3n) is 4.68. The number of para-hydroxylation sites is 2. The van der Waals surface area contributed by atoms with Gasteiger partial charge in [0.1, 0.15) is 5.75 Å². The molecule has 0 aliphatic heterocycles. The topological polar surface area (TPSA) is 106 Å². The number of hydrogen-bond donors (Lipinski definition) is 3. The fourth-order valence-electron chi connectivity index (χ4n) is 2.98. The van der Waals surface area contributed by atoms with Crippen LogP contribution in [0.15, 0.2) is 53.9 Å². The number of thiazole rings is 1. The van der Waals surface area contributed by atoms with E-state index in [2.05, 4.69) is 15.6 Å². The Morgan fingerprint density at radius 2 is 1.65 bits per heavy atom. The number of hydrogen-bond acceptors (Lipinski definition) is 6. The first kappa shape index (κ1) is 22.3. The molecule has 162 valence electrons. The molecule has 31 heavy (non-hydrogen) atoms. The van der Waals surface area contributed by atoms with Crippen molar-refractivity contribution in [2.45, 2.75) is 32.1 Å². The predicted molar refractivity (Wildman–Crippen MR) is 125 cm³/mol. The van der Waals surface area contributed by atoms with Gasteiger partial charge in [-0.05, 0) is 49.2 Å². The molecule has 3 aromatic rings. The third kappa shape index (κ3) is 6.82. The lowest BCUT2D eigenvalue weighted by molar-refractivity contribution is -0.116. The number of nitrogens with one attached hydrogen (secondary N) is 2. The Balaban J connectivity index is 1.34. The normalized spacial score (nSPS) is 10.5. The van der Waals surface area contributed by atoms with Crippen LogP contribution in [0.1, 0.15) is 32.1 Å². The van der Waals surface area contributed by atoms with Gasteiger partial charge in [0, 0.05) is 23.8 Å². The number of benzene rings is 2. The lowest BCUT2D eigenvalue weighted by Gasteiger charge is -2.07. The Bertz CT molecular complexity index is 1020. The van der Waals surface area contributed by atoms with Crippen LogP contribution in [0.25, 0.3) is 11.3 Å². The number of ether oxygens (including phenoxy) is 1. The number of aromatic nitrogens is 1. The summed E-state index contributed by atoms with van der Waals surface area (Å²) in [7, 11) is 1.63. The highest BCUT2D eigenvalue weighted by Gasteiger charge is 2.09. The van der Waals surface area contributed by atoms with Crippen molar-refractivity contribution in [3.8, 4) is 17.0 Å². The van der Waals surface area contributed by atoms with Crippen molar-refractivity contribution < 1.29 is 14.3 Å². The molecule has 0 aliphatic rings. The first-order chi connectivity index (χ1) is 15.0. The molecule has 4 N–H and O–H groups in total. The first-order valence-electron chi connectivity index (χ1n) is 10.1. The minimum Gasteiger partial charge on any atom is -0.497 e. The van der Waals surface area contributed by atoms with Crippen LogP contribution < -0.4 is 21.1 Å². The predicted octanol–water partition coefficient (Wildman–Crippen LogP) is 4.93. The summed E-state index contributed by atoms with van der Waals surface area (Å²) >= 11 is 1.39. The Hall–Kier alpha value is -3.39. The van der Waals surface area contributed by atoms with Crippen molar-refractivity contribution in [3.05, 3.63) is 53.9 Å². The number of carbonyl (C=O) groups is 2. The van der Waals surface area contributed by atoms with Gasteiger partial charge < -0.3 is 21.1 Å². The van der Waals surface area contributed by atoms with Crippen molar-refractivity contribution in [3.63, 3.8) is 0 Å². The molecule has 0 aliphatic carbocycles. The summed E-state index contributed by atoms with van der Waals surface area (Å²) in [4.78, 5) is 28.6. The standard InChI is InChI=1S/C23H26N4O3S/c1-30-17-13-11-16(12-14-17)20-15-31-23(26-20)27-22(29)10-4-2-3-9-21(28)25-19-8-6-5-7-18(19)24/h5-8,11-15H,2-4,9-10,24H2,1H3,(H,25,28)(H,26,27,29). The molecule has 1 aromatic heterocycles. The van der Waals surface area contributed by atoms with E-state index >= 15 is 0 Å². The second-order valence-corrected chi connectivity index (χ2v) is 7.87. The molecule has 3 rings (SSSR count). The zero-order valence-corrected chi connectivity index (χ0v) is 18.2. The average molecular weight is 439 g/mol.